The summed E-state index contributed by atoms with van der Waals surface area (Å²) in [5, 5.41) is 39.9. The number of aryl methyl sites for hydroxylation is 1. The van der Waals surface area contributed by atoms with Gasteiger partial charge in [0.15, 0.2) is 11.4 Å². The number of nitriles is 2. The van der Waals surface area contributed by atoms with Crippen LogP contribution < -0.4 is 10.9 Å². The fourth-order valence-corrected chi connectivity index (χ4v) is 4.20. The summed E-state index contributed by atoms with van der Waals surface area (Å²) in [6.07, 6.45) is 3.92. The smallest absolute Gasteiger partial charge is 0.296 e. The van der Waals surface area contributed by atoms with Gasteiger partial charge >= 0.3 is 0 Å². The van der Waals surface area contributed by atoms with E-state index in [-0.39, 0.29) is 28.3 Å². The van der Waals surface area contributed by atoms with Crippen molar-refractivity contribution >= 4 is 11.6 Å². The number of rotatable bonds is 6. The third kappa shape index (κ3) is 4.53. The van der Waals surface area contributed by atoms with Gasteiger partial charge < -0.3 is 14.9 Å². The number of carbonyl (C=O) groups excluding carboxylic acids is 1. The normalized spacial score (nSPS) is 12.4. The average molecular weight is 502 g/mol. The lowest BCUT2D eigenvalue weighted by Crippen LogP contribution is -2.29. The van der Waals surface area contributed by atoms with Gasteiger partial charge in [0.05, 0.1) is 17.8 Å². The third-order valence-electron chi connectivity index (χ3n) is 5.88. The van der Waals surface area contributed by atoms with E-state index in [2.05, 4.69) is 25.1 Å². The maximum atomic E-state index is 14.4. The molecule has 1 amide bonds. The van der Waals surface area contributed by atoms with Crippen molar-refractivity contribution in [1.82, 2.24) is 24.5 Å². The summed E-state index contributed by atoms with van der Waals surface area (Å²) in [6.45, 7) is 1.64. The Morgan fingerprint density at radius 3 is 2.65 bits per heavy atom. The Labute approximate surface area is 208 Å². The quantitative estimate of drug-likeness (QED) is 0.400. The van der Waals surface area contributed by atoms with Crippen LogP contribution in [0.2, 0.25) is 0 Å². The molecule has 0 saturated carbocycles. The fourth-order valence-electron chi connectivity index (χ4n) is 4.20. The second-order valence-electron chi connectivity index (χ2n) is 8.23. The number of aromatic nitrogens is 5. The maximum Gasteiger partial charge on any atom is 0.296 e. The Morgan fingerprint density at radius 1 is 1.24 bits per heavy atom. The van der Waals surface area contributed by atoms with Crippen LogP contribution in [0.25, 0.3) is 0 Å². The van der Waals surface area contributed by atoms with Crippen LogP contribution in [0.5, 0.6) is 5.75 Å². The minimum Gasteiger partial charge on any atom is -0.501 e. The highest BCUT2D eigenvalue weighted by Gasteiger charge is 2.33. The SMILES string of the molecule is CC(c1nc(C(=O)Nc2cnoc2)c(O)c(=O)n1C)C(c1cc(F)ccc1C#N)c1cn(C)nc1C#N. The summed E-state index contributed by atoms with van der Waals surface area (Å²) in [6, 6.07) is 7.65. The lowest BCUT2D eigenvalue weighted by atomic mass is 9.79. The zero-order valence-corrected chi connectivity index (χ0v) is 19.8. The molecule has 3 heterocycles. The van der Waals surface area contributed by atoms with Gasteiger partial charge in [-0.15, -0.1) is 0 Å². The van der Waals surface area contributed by atoms with Crippen LogP contribution >= 0.6 is 0 Å². The number of halogens is 1. The molecular weight excluding hydrogens is 483 g/mol. The monoisotopic (exact) mass is 502 g/mol. The minimum absolute atomic E-state index is 0.0294. The number of anilines is 1. The van der Waals surface area contributed by atoms with Crippen LogP contribution in [-0.4, -0.2) is 35.5 Å². The van der Waals surface area contributed by atoms with E-state index in [1.165, 1.54) is 30.1 Å². The molecule has 0 saturated heterocycles. The molecule has 0 bridgehead atoms. The van der Waals surface area contributed by atoms with Gasteiger partial charge in [-0.2, -0.15) is 15.6 Å². The highest BCUT2D eigenvalue weighted by atomic mass is 19.1. The number of aromatic hydroxyl groups is 1. The minimum atomic E-state index is -0.905. The molecule has 37 heavy (non-hydrogen) atoms. The van der Waals surface area contributed by atoms with Crippen molar-refractivity contribution in [1.29, 1.82) is 10.5 Å². The van der Waals surface area contributed by atoms with Crippen molar-refractivity contribution in [2.75, 3.05) is 5.32 Å². The molecule has 0 aliphatic rings. The molecule has 0 aliphatic carbocycles. The largest absolute Gasteiger partial charge is 0.501 e. The Balaban J connectivity index is 1.93. The standard InChI is InChI=1S/C24H19FN8O4/c1-12(22-30-20(21(34)24(36)33(22)3)23(35)29-15-9-28-37-11-15)19(17-10-32(2)31-18(17)8-27)16-6-14(25)5-4-13(16)7-26/h4-6,9-12,19,34H,1-3H3,(H,29,35). The molecule has 2 N–H and O–H groups in total. The van der Waals surface area contributed by atoms with Crippen LogP contribution in [0.3, 0.4) is 0 Å². The molecule has 12 nitrogen and oxygen atoms in total. The summed E-state index contributed by atoms with van der Waals surface area (Å²) in [5.41, 5.74) is -0.530. The van der Waals surface area contributed by atoms with E-state index in [9.17, 15) is 29.6 Å². The van der Waals surface area contributed by atoms with Crippen molar-refractivity contribution in [2.24, 2.45) is 14.1 Å². The second kappa shape index (κ2) is 9.75. The Hall–Kier alpha value is -5.30. The Kier molecular flexibility index (Phi) is 6.54. The molecule has 4 aromatic rings. The van der Waals surface area contributed by atoms with Crippen LogP contribution in [0.1, 0.15) is 57.5 Å². The summed E-state index contributed by atoms with van der Waals surface area (Å²) < 4.78 is 21.5. The molecule has 0 fully saturated rings. The van der Waals surface area contributed by atoms with Crippen LogP contribution in [0, 0.1) is 28.5 Å². The van der Waals surface area contributed by atoms with Gasteiger partial charge in [0.25, 0.3) is 11.5 Å². The zero-order chi connectivity index (χ0) is 26.9. The predicted molar refractivity (Wildman–Crippen MR) is 125 cm³/mol. The van der Waals surface area contributed by atoms with Crippen molar-refractivity contribution in [3.05, 3.63) is 86.9 Å². The average Bonchev–Trinajstić information content (AvgIpc) is 3.52. The van der Waals surface area contributed by atoms with Crippen molar-refractivity contribution in [3.63, 3.8) is 0 Å². The van der Waals surface area contributed by atoms with Gasteiger partial charge in [0.1, 0.15) is 29.7 Å². The van der Waals surface area contributed by atoms with Crippen LogP contribution in [0.15, 0.2) is 46.2 Å². The Bertz CT molecular complexity index is 1640. The first-order chi connectivity index (χ1) is 17.7. The summed E-state index contributed by atoms with van der Waals surface area (Å²) >= 11 is 0. The molecule has 186 valence electrons. The lowest BCUT2D eigenvalue weighted by Gasteiger charge is -2.26. The predicted octanol–water partition coefficient (Wildman–Crippen LogP) is 2.28. The van der Waals surface area contributed by atoms with Crippen LogP contribution in [-0.2, 0) is 14.1 Å². The molecule has 4 rings (SSSR count). The first-order valence-corrected chi connectivity index (χ1v) is 10.8. The number of amides is 1. The Morgan fingerprint density at radius 2 is 2.00 bits per heavy atom. The maximum absolute atomic E-state index is 14.4. The van der Waals surface area contributed by atoms with E-state index in [1.807, 2.05) is 12.1 Å². The van der Waals surface area contributed by atoms with E-state index in [0.717, 1.165) is 16.9 Å². The van der Waals surface area contributed by atoms with Gasteiger partial charge in [-0.1, -0.05) is 12.1 Å². The molecule has 0 radical (unpaired) electrons. The topological polar surface area (TPSA) is 176 Å². The van der Waals surface area contributed by atoms with Gasteiger partial charge in [0.2, 0.25) is 5.75 Å². The highest BCUT2D eigenvalue weighted by molar-refractivity contribution is 6.04. The van der Waals surface area contributed by atoms with E-state index < -0.39 is 40.6 Å². The molecular formula is C24H19FN8O4. The number of nitrogens with zero attached hydrogens (tertiary/aromatic N) is 7. The number of hydrogen-bond acceptors (Lipinski definition) is 9. The number of benzene rings is 1. The van der Waals surface area contributed by atoms with E-state index in [1.54, 1.807) is 20.2 Å². The lowest BCUT2D eigenvalue weighted by molar-refractivity contribution is 0.101. The third-order valence-corrected chi connectivity index (χ3v) is 5.88. The summed E-state index contributed by atoms with van der Waals surface area (Å²) in [7, 11) is 2.95. The van der Waals surface area contributed by atoms with Gasteiger partial charge in [-0.3, -0.25) is 18.8 Å². The van der Waals surface area contributed by atoms with E-state index >= 15 is 0 Å². The van der Waals surface area contributed by atoms with Crippen LogP contribution in [0.4, 0.5) is 10.1 Å². The zero-order valence-electron chi connectivity index (χ0n) is 19.8. The molecule has 2 unspecified atom stereocenters. The number of hydrogen-bond donors (Lipinski definition) is 2. The highest BCUT2D eigenvalue weighted by Crippen LogP contribution is 2.40. The van der Waals surface area contributed by atoms with Gasteiger partial charge in [-0.25, -0.2) is 9.37 Å². The second-order valence-corrected chi connectivity index (χ2v) is 8.23. The van der Waals surface area contributed by atoms with Crippen molar-refractivity contribution in [2.45, 2.75) is 18.8 Å². The van der Waals surface area contributed by atoms with Crippen molar-refractivity contribution in [3.8, 4) is 17.9 Å². The molecule has 1 aromatic carbocycles. The first-order valence-electron chi connectivity index (χ1n) is 10.8. The van der Waals surface area contributed by atoms with E-state index in [0.29, 0.717) is 5.56 Å². The molecule has 2 atom stereocenters. The van der Waals surface area contributed by atoms with Gasteiger partial charge in [-0.05, 0) is 23.8 Å². The summed E-state index contributed by atoms with van der Waals surface area (Å²) in [4.78, 5) is 30.0. The van der Waals surface area contributed by atoms with E-state index in [4.69, 9.17) is 0 Å². The molecule has 0 spiro atoms. The van der Waals surface area contributed by atoms with Crippen molar-refractivity contribution < 1.29 is 18.8 Å². The molecule has 13 heteroatoms. The first kappa shape index (κ1) is 24.8. The van der Waals surface area contributed by atoms with Gasteiger partial charge in [0, 0.05) is 37.7 Å². The number of nitrogens with one attached hydrogen (secondary N) is 1. The fraction of sp³-hybridized carbons (Fsp3) is 0.208. The summed E-state index contributed by atoms with van der Waals surface area (Å²) in [5.74, 6) is -4.06. The molecule has 3 aromatic heterocycles. The number of carbonyl (C=O) groups is 1. The molecule has 0 aliphatic heterocycles.